The first kappa shape index (κ1) is 27.5. The van der Waals surface area contributed by atoms with Crippen molar-refractivity contribution < 1.29 is 33.1 Å². The van der Waals surface area contributed by atoms with Crippen LogP contribution in [0.3, 0.4) is 0 Å². The first-order valence-corrected chi connectivity index (χ1v) is 13.4. The number of hydrogen-bond acceptors (Lipinski definition) is 7. The fourth-order valence-corrected chi connectivity index (χ4v) is 6.32. The van der Waals surface area contributed by atoms with Gasteiger partial charge in [-0.05, 0) is 30.7 Å². The average molecular weight is 491 g/mol. The zero-order valence-electron chi connectivity index (χ0n) is 20.7. The van der Waals surface area contributed by atoms with E-state index in [0.29, 0.717) is 6.42 Å². The predicted molar refractivity (Wildman–Crippen MR) is 134 cm³/mol. The van der Waals surface area contributed by atoms with E-state index >= 15 is 0 Å². The van der Waals surface area contributed by atoms with E-state index in [4.69, 9.17) is 18.9 Å². The van der Waals surface area contributed by atoms with Gasteiger partial charge in [-0.2, -0.15) is 0 Å². The summed E-state index contributed by atoms with van der Waals surface area (Å²) in [6, 6.07) is 9.66. The van der Waals surface area contributed by atoms with Crippen LogP contribution in [0.25, 0.3) is 0 Å². The van der Waals surface area contributed by atoms with Crippen molar-refractivity contribution in [2.75, 3.05) is 34.6 Å². The van der Waals surface area contributed by atoms with Crippen LogP contribution in [0.5, 0.6) is 23.0 Å². The maximum absolute atomic E-state index is 14.5. The molecule has 0 saturated heterocycles. The lowest BCUT2D eigenvalue weighted by atomic mass is 10.1. The second-order valence-corrected chi connectivity index (χ2v) is 10.7. The van der Waals surface area contributed by atoms with Gasteiger partial charge in [0.2, 0.25) is 18.2 Å². The third kappa shape index (κ3) is 6.01. The molecule has 0 bridgehead atoms. The lowest BCUT2D eigenvalue weighted by molar-refractivity contribution is 0.103. The SMILES string of the molecule is CCCCCCCCP(=O)(C(=O)c1c(OC)cccc1OC)C(=O)c1c(OC)cccc1OC. The van der Waals surface area contributed by atoms with Crippen molar-refractivity contribution in [1.82, 2.24) is 0 Å². The van der Waals surface area contributed by atoms with Gasteiger partial charge in [-0.3, -0.25) is 9.59 Å². The van der Waals surface area contributed by atoms with Crippen LogP contribution in [0, 0.1) is 0 Å². The molecule has 2 rings (SSSR count). The Morgan fingerprint density at radius 1 is 0.647 bits per heavy atom. The van der Waals surface area contributed by atoms with Gasteiger partial charge < -0.3 is 23.5 Å². The Bertz CT molecular complexity index is 916. The van der Waals surface area contributed by atoms with Gasteiger partial charge in [0, 0.05) is 6.16 Å². The lowest BCUT2D eigenvalue weighted by Crippen LogP contribution is -2.17. The van der Waals surface area contributed by atoms with Gasteiger partial charge in [0.25, 0.3) is 0 Å². The van der Waals surface area contributed by atoms with E-state index in [1.54, 1.807) is 36.4 Å². The van der Waals surface area contributed by atoms with Crippen LogP contribution in [0.15, 0.2) is 36.4 Å². The van der Waals surface area contributed by atoms with E-state index in [0.717, 1.165) is 32.1 Å². The van der Waals surface area contributed by atoms with Crippen molar-refractivity contribution in [3.8, 4) is 23.0 Å². The summed E-state index contributed by atoms with van der Waals surface area (Å²) in [6.07, 6.45) is 5.43. The zero-order valence-corrected chi connectivity index (χ0v) is 21.6. The monoisotopic (exact) mass is 490 g/mol. The summed E-state index contributed by atoms with van der Waals surface area (Å²) in [6.45, 7) is 2.13. The smallest absolute Gasteiger partial charge is 0.236 e. The molecular formula is C26H35O7P. The summed E-state index contributed by atoms with van der Waals surface area (Å²) >= 11 is 0. The second kappa shape index (κ2) is 13.2. The number of benzene rings is 2. The van der Waals surface area contributed by atoms with E-state index in [2.05, 4.69) is 6.92 Å². The molecule has 0 aromatic heterocycles. The van der Waals surface area contributed by atoms with Gasteiger partial charge in [0.1, 0.15) is 34.1 Å². The first-order valence-electron chi connectivity index (χ1n) is 11.5. The highest BCUT2D eigenvalue weighted by Crippen LogP contribution is 2.57. The predicted octanol–water partition coefficient (Wildman–Crippen LogP) is 6.43. The van der Waals surface area contributed by atoms with Crippen molar-refractivity contribution in [3.05, 3.63) is 47.5 Å². The molecule has 0 aliphatic carbocycles. The minimum Gasteiger partial charge on any atom is -0.496 e. The molecule has 34 heavy (non-hydrogen) atoms. The van der Waals surface area contributed by atoms with E-state index in [1.807, 2.05) is 0 Å². The van der Waals surface area contributed by atoms with Gasteiger partial charge in [-0.1, -0.05) is 51.2 Å². The summed E-state index contributed by atoms with van der Waals surface area (Å²) in [5, 5.41) is 0. The lowest BCUT2D eigenvalue weighted by Gasteiger charge is -2.21. The van der Waals surface area contributed by atoms with E-state index in [-0.39, 0.29) is 40.3 Å². The Balaban J connectivity index is 2.58. The number of ether oxygens (including phenoxy) is 4. The third-order valence-electron chi connectivity index (χ3n) is 5.77. The summed E-state index contributed by atoms with van der Waals surface area (Å²) in [4.78, 5) is 27.8. The average Bonchev–Trinajstić information content (AvgIpc) is 2.88. The second-order valence-electron chi connectivity index (χ2n) is 7.92. The number of rotatable bonds is 15. The summed E-state index contributed by atoms with van der Waals surface area (Å²) in [7, 11) is 1.49. The molecule has 0 spiro atoms. The van der Waals surface area contributed by atoms with Crippen LogP contribution in [0.2, 0.25) is 0 Å². The molecule has 8 heteroatoms. The molecule has 186 valence electrons. The van der Waals surface area contributed by atoms with Crippen LogP contribution in [-0.4, -0.2) is 45.6 Å². The van der Waals surface area contributed by atoms with E-state index in [1.165, 1.54) is 28.4 Å². The van der Waals surface area contributed by atoms with Gasteiger partial charge >= 0.3 is 0 Å². The molecule has 0 amide bonds. The van der Waals surface area contributed by atoms with Crippen molar-refractivity contribution in [2.24, 2.45) is 0 Å². The molecule has 0 unspecified atom stereocenters. The molecule has 7 nitrogen and oxygen atoms in total. The topological polar surface area (TPSA) is 88.1 Å². The zero-order chi connectivity index (χ0) is 25.1. The van der Waals surface area contributed by atoms with Crippen molar-refractivity contribution in [3.63, 3.8) is 0 Å². The Kier molecular flexibility index (Phi) is 10.6. The number of unbranched alkanes of at least 4 members (excludes halogenated alkanes) is 5. The summed E-state index contributed by atoms with van der Waals surface area (Å²) in [5.74, 6) is 0.805. The third-order valence-corrected chi connectivity index (χ3v) is 8.47. The number of carbonyl (C=O) groups excluding carboxylic acids is 2. The molecule has 0 aliphatic rings. The molecule has 0 heterocycles. The first-order chi connectivity index (χ1) is 16.4. The van der Waals surface area contributed by atoms with Crippen LogP contribution in [0.4, 0.5) is 0 Å². The molecule has 0 atom stereocenters. The van der Waals surface area contributed by atoms with Crippen LogP contribution >= 0.6 is 7.14 Å². The Morgan fingerprint density at radius 2 is 1.00 bits per heavy atom. The molecule has 0 saturated carbocycles. The minimum atomic E-state index is -4.16. The number of methoxy groups -OCH3 is 4. The van der Waals surface area contributed by atoms with Gasteiger partial charge in [0.15, 0.2) is 0 Å². The molecule has 0 fully saturated rings. The molecular weight excluding hydrogens is 455 g/mol. The highest BCUT2D eigenvalue weighted by Gasteiger charge is 2.45. The van der Waals surface area contributed by atoms with Crippen molar-refractivity contribution in [2.45, 2.75) is 45.4 Å². The number of hydrogen-bond donors (Lipinski definition) is 0. The molecule has 2 aromatic carbocycles. The van der Waals surface area contributed by atoms with Crippen LogP contribution in [-0.2, 0) is 4.57 Å². The Hall–Kier alpha value is -2.79. The van der Waals surface area contributed by atoms with E-state index in [9.17, 15) is 14.2 Å². The molecule has 2 aromatic rings. The number of carbonyl (C=O) groups is 2. The Morgan fingerprint density at radius 3 is 1.35 bits per heavy atom. The maximum Gasteiger partial charge on any atom is 0.236 e. The summed E-state index contributed by atoms with van der Waals surface area (Å²) < 4.78 is 35.9. The highest BCUT2D eigenvalue weighted by molar-refractivity contribution is 7.95. The van der Waals surface area contributed by atoms with Crippen LogP contribution in [0.1, 0.15) is 66.2 Å². The van der Waals surface area contributed by atoms with Gasteiger partial charge in [-0.15, -0.1) is 0 Å². The fraction of sp³-hybridized carbons (Fsp3) is 0.462. The summed E-state index contributed by atoms with van der Waals surface area (Å²) in [5.41, 5.74) is -1.56. The maximum atomic E-state index is 14.5. The normalized spacial score (nSPS) is 11.1. The van der Waals surface area contributed by atoms with Gasteiger partial charge in [0.05, 0.1) is 28.4 Å². The molecule has 0 aliphatic heterocycles. The molecule has 0 N–H and O–H groups in total. The van der Waals surface area contributed by atoms with Gasteiger partial charge in [-0.25, -0.2) is 0 Å². The van der Waals surface area contributed by atoms with Crippen molar-refractivity contribution in [1.29, 1.82) is 0 Å². The standard InChI is InChI=1S/C26H35O7P/c1-6-7-8-9-10-11-18-34(29,25(27)23-19(30-2)14-12-15-20(23)31-3)26(28)24-21(32-4)16-13-17-22(24)33-5/h12-17H,6-11,18H2,1-5H3. The van der Waals surface area contributed by atoms with Crippen molar-refractivity contribution >= 4 is 18.2 Å². The largest absolute Gasteiger partial charge is 0.496 e. The quantitative estimate of drug-likeness (QED) is 0.210. The minimum absolute atomic E-state index is 0.00373. The fourth-order valence-electron chi connectivity index (χ4n) is 3.90. The highest BCUT2D eigenvalue weighted by atomic mass is 31.2. The Labute approximate surface area is 202 Å². The molecule has 0 radical (unpaired) electrons. The van der Waals surface area contributed by atoms with E-state index < -0.39 is 18.2 Å². The van der Waals surface area contributed by atoms with Crippen LogP contribution < -0.4 is 18.9 Å².